The summed E-state index contributed by atoms with van der Waals surface area (Å²) in [5, 5.41) is 2.82. The van der Waals surface area contributed by atoms with E-state index in [4.69, 9.17) is 0 Å². The summed E-state index contributed by atoms with van der Waals surface area (Å²) in [5.74, 6) is 0.484. The number of fused-ring (bicyclic) bond motifs is 6. The van der Waals surface area contributed by atoms with Crippen LogP contribution in [-0.2, 0) is 12.5 Å². The van der Waals surface area contributed by atoms with Gasteiger partial charge in [-0.2, -0.15) is 0 Å². The molecule has 1 atom stereocenters. The van der Waals surface area contributed by atoms with Gasteiger partial charge in [0.15, 0.2) is 0 Å². The van der Waals surface area contributed by atoms with Crippen LogP contribution in [0.1, 0.15) is 55.4 Å². The molecule has 5 rings (SSSR count). The van der Waals surface area contributed by atoms with E-state index in [2.05, 4.69) is 93.0 Å². The summed E-state index contributed by atoms with van der Waals surface area (Å²) in [5.41, 5.74) is 8.69. The van der Waals surface area contributed by atoms with Crippen LogP contribution in [0.15, 0.2) is 60.7 Å². The van der Waals surface area contributed by atoms with Gasteiger partial charge in [0.2, 0.25) is 0 Å². The van der Waals surface area contributed by atoms with Crippen LogP contribution in [0.2, 0.25) is 0 Å². The van der Waals surface area contributed by atoms with Crippen molar-refractivity contribution in [2.24, 2.45) is 7.05 Å². The highest BCUT2D eigenvalue weighted by Gasteiger charge is 2.38. The molecule has 1 aliphatic carbocycles. The van der Waals surface area contributed by atoms with Crippen LogP contribution in [0.5, 0.6) is 0 Å². The minimum Gasteiger partial charge on any atom is -0.344 e. The van der Waals surface area contributed by atoms with E-state index in [1.807, 2.05) is 0 Å². The Hall–Kier alpha value is -2.54. The molecule has 1 nitrogen and oxygen atoms in total. The molecular formula is C25H25N. The second-order valence-corrected chi connectivity index (χ2v) is 8.17. The van der Waals surface area contributed by atoms with Crippen molar-refractivity contribution < 1.29 is 0 Å². The van der Waals surface area contributed by atoms with Crippen molar-refractivity contribution in [3.05, 3.63) is 82.9 Å². The van der Waals surface area contributed by atoms with Gasteiger partial charge in [0.1, 0.15) is 0 Å². The molecule has 0 saturated carbocycles. The SMILES string of the molecule is CCC1c2ccccc2C(C)(C)c2c1ccc1c2c2ccccc2n1C. The molecule has 1 aromatic heterocycles. The zero-order valence-electron chi connectivity index (χ0n) is 16.0. The summed E-state index contributed by atoms with van der Waals surface area (Å²) in [6.07, 6.45) is 1.14. The normalized spacial score (nSPS) is 18.1. The van der Waals surface area contributed by atoms with E-state index < -0.39 is 0 Å². The van der Waals surface area contributed by atoms with Gasteiger partial charge in [-0.25, -0.2) is 0 Å². The smallest absolute Gasteiger partial charge is 0.0492 e. The summed E-state index contributed by atoms with van der Waals surface area (Å²) < 4.78 is 2.35. The fraction of sp³-hybridized carbons (Fsp3) is 0.280. The Balaban J connectivity index is 2.00. The van der Waals surface area contributed by atoms with Gasteiger partial charge >= 0.3 is 0 Å². The van der Waals surface area contributed by atoms with E-state index in [0.29, 0.717) is 5.92 Å². The van der Waals surface area contributed by atoms with Crippen molar-refractivity contribution in [1.29, 1.82) is 0 Å². The van der Waals surface area contributed by atoms with Crippen LogP contribution < -0.4 is 0 Å². The molecule has 26 heavy (non-hydrogen) atoms. The zero-order chi connectivity index (χ0) is 18.1. The molecule has 0 fully saturated rings. The third-order valence-electron chi connectivity index (χ3n) is 6.53. The molecule has 1 heterocycles. The van der Waals surface area contributed by atoms with Crippen molar-refractivity contribution in [2.75, 3.05) is 0 Å². The highest BCUT2D eigenvalue weighted by Crippen LogP contribution is 2.51. The second-order valence-electron chi connectivity index (χ2n) is 8.17. The number of aromatic nitrogens is 1. The Morgan fingerprint density at radius 1 is 0.846 bits per heavy atom. The minimum atomic E-state index is 0.00122. The van der Waals surface area contributed by atoms with Crippen LogP contribution in [0.4, 0.5) is 0 Å². The first-order chi connectivity index (χ1) is 12.6. The number of rotatable bonds is 1. The summed E-state index contributed by atoms with van der Waals surface area (Å²) in [7, 11) is 2.19. The maximum atomic E-state index is 2.40. The first kappa shape index (κ1) is 15.7. The van der Waals surface area contributed by atoms with Crippen molar-refractivity contribution in [2.45, 2.75) is 38.5 Å². The van der Waals surface area contributed by atoms with E-state index in [-0.39, 0.29) is 5.41 Å². The Morgan fingerprint density at radius 3 is 2.38 bits per heavy atom. The minimum absolute atomic E-state index is 0.00122. The number of hydrogen-bond acceptors (Lipinski definition) is 0. The average molecular weight is 339 g/mol. The number of nitrogens with zero attached hydrogens (tertiary/aromatic N) is 1. The Bertz CT molecular complexity index is 1160. The maximum Gasteiger partial charge on any atom is 0.0492 e. The summed E-state index contributed by atoms with van der Waals surface area (Å²) in [4.78, 5) is 0. The molecule has 3 aromatic carbocycles. The molecule has 1 heteroatoms. The molecule has 1 aliphatic rings. The topological polar surface area (TPSA) is 4.93 Å². The summed E-state index contributed by atoms with van der Waals surface area (Å²) in [6.45, 7) is 7.12. The summed E-state index contributed by atoms with van der Waals surface area (Å²) in [6, 6.07) is 22.6. The lowest BCUT2D eigenvalue weighted by Gasteiger charge is -2.40. The predicted octanol–water partition coefficient (Wildman–Crippen LogP) is 6.51. The van der Waals surface area contributed by atoms with Crippen LogP contribution >= 0.6 is 0 Å². The zero-order valence-corrected chi connectivity index (χ0v) is 16.0. The Morgan fingerprint density at radius 2 is 1.58 bits per heavy atom. The van der Waals surface area contributed by atoms with Gasteiger partial charge in [0, 0.05) is 40.2 Å². The van der Waals surface area contributed by atoms with Crippen LogP contribution in [0, 0.1) is 0 Å². The molecule has 0 aliphatic heterocycles. The van der Waals surface area contributed by atoms with E-state index in [9.17, 15) is 0 Å². The quantitative estimate of drug-likeness (QED) is 0.372. The molecule has 4 aromatic rings. The van der Waals surface area contributed by atoms with E-state index in [1.54, 1.807) is 0 Å². The molecule has 0 spiro atoms. The number of hydrogen-bond donors (Lipinski definition) is 0. The van der Waals surface area contributed by atoms with Gasteiger partial charge in [-0.05, 0) is 40.8 Å². The summed E-state index contributed by atoms with van der Waals surface area (Å²) >= 11 is 0. The fourth-order valence-corrected chi connectivity index (χ4v) is 5.34. The molecule has 0 radical (unpaired) electrons. The van der Waals surface area contributed by atoms with Crippen LogP contribution in [0.3, 0.4) is 0 Å². The predicted molar refractivity (Wildman–Crippen MR) is 111 cm³/mol. The largest absolute Gasteiger partial charge is 0.344 e. The lowest BCUT2D eigenvalue weighted by molar-refractivity contribution is 0.580. The van der Waals surface area contributed by atoms with E-state index in [1.165, 1.54) is 44.1 Å². The molecule has 130 valence electrons. The lowest BCUT2D eigenvalue weighted by atomic mass is 9.63. The van der Waals surface area contributed by atoms with Crippen LogP contribution in [0.25, 0.3) is 21.8 Å². The van der Waals surface area contributed by atoms with Gasteiger partial charge in [0.25, 0.3) is 0 Å². The van der Waals surface area contributed by atoms with Gasteiger partial charge < -0.3 is 4.57 Å². The number of aryl methyl sites for hydroxylation is 1. The molecule has 0 N–H and O–H groups in total. The highest BCUT2D eigenvalue weighted by molar-refractivity contribution is 6.11. The first-order valence-electron chi connectivity index (χ1n) is 9.65. The molecular weight excluding hydrogens is 314 g/mol. The van der Waals surface area contributed by atoms with Gasteiger partial charge in [-0.15, -0.1) is 0 Å². The third-order valence-corrected chi connectivity index (χ3v) is 6.53. The Kier molecular flexibility index (Phi) is 3.16. The lowest BCUT2D eigenvalue weighted by Crippen LogP contribution is -2.29. The van der Waals surface area contributed by atoms with Gasteiger partial charge in [-0.1, -0.05) is 69.3 Å². The third kappa shape index (κ3) is 1.81. The van der Waals surface area contributed by atoms with Crippen LogP contribution in [-0.4, -0.2) is 4.57 Å². The number of para-hydroxylation sites is 1. The van der Waals surface area contributed by atoms with Gasteiger partial charge in [0.05, 0.1) is 0 Å². The molecule has 1 unspecified atom stereocenters. The van der Waals surface area contributed by atoms with Crippen molar-refractivity contribution in [3.63, 3.8) is 0 Å². The molecule has 0 saturated heterocycles. The van der Waals surface area contributed by atoms with Crippen molar-refractivity contribution >= 4 is 21.8 Å². The number of benzene rings is 3. The second kappa shape index (κ2) is 5.23. The average Bonchev–Trinajstić information content (AvgIpc) is 2.95. The van der Waals surface area contributed by atoms with E-state index in [0.717, 1.165) is 6.42 Å². The Labute approximate surface area is 155 Å². The van der Waals surface area contributed by atoms with Crippen molar-refractivity contribution in [3.8, 4) is 0 Å². The van der Waals surface area contributed by atoms with Crippen molar-refractivity contribution in [1.82, 2.24) is 4.57 Å². The van der Waals surface area contributed by atoms with Gasteiger partial charge in [-0.3, -0.25) is 0 Å². The molecule has 0 amide bonds. The standard InChI is InChI=1S/C25H25N/c1-5-16-17-10-6-8-12-20(17)25(2,3)24-18(16)14-15-22-23(24)19-11-7-9-13-21(19)26(22)4/h6-16H,5H2,1-4H3. The fourth-order valence-electron chi connectivity index (χ4n) is 5.34. The molecule has 0 bridgehead atoms. The monoisotopic (exact) mass is 339 g/mol. The maximum absolute atomic E-state index is 2.40. The van der Waals surface area contributed by atoms with E-state index >= 15 is 0 Å². The highest BCUT2D eigenvalue weighted by atomic mass is 14.9. The first-order valence-corrected chi connectivity index (χ1v) is 9.65.